The van der Waals surface area contributed by atoms with Crippen molar-refractivity contribution in [3.05, 3.63) is 59.7 Å². The van der Waals surface area contributed by atoms with Gasteiger partial charge in [0.1, 0.15) is 0 Å². The SMILES string of the molecule is O=C(ON1C(=O)c2ccccc2C1=O)c1ncccn1. The van der Waals surface area contributed by atoms with Crippen LogP contribution in [0.1, 0.15) is 31.3 Å². The van der Waals surface area contributed by atoms with E-state index in [1.165, 1.54) is 30.6 Å². The van der Waals surface area contributed by atoms with Crippen molar-refractivity contribution < 1.29 is 19.2 Å². The van der Waals surface area contributed by atoms with Crippen molar-refractivity contribution in [1.29, 1.82) is 0 Å². The number of hydrogen-bond acceptors (Lipinski definition) is 6. The number of carbonyl (C=O) groups excluding carboxylic acids is 3. The quantitative estimate of drug-likeness (QED) is 0.750. The Kier molecular flexibility index (Phi) is 2.72. The summed E-state index contributed by atoms with van der Waals surface area (Å²) in [5.74, 6) is -2.58. The van der Waals surface area contributed by atoms with Crippen molar-refractivity contribution in [2.24, 2.45) is 0 Å². The standard InChI is InChI=1S/C13H7N3O4/c17-11-8-4-1-2-5-9(8)12(18)16(11)20-13(19)10-14-6-3-7-15-10/h1-7H. The highest BCUT2D eigenvalue weighted by atomic mass is 16.7. The molecule has 2 amide bonds. The molecule has 2 aromatic rings. The molecular formula is C13H7N3O4. The average molecular weight is 269 g/mol. The van der Waals surface area contributed by atoms with E-state index in [0.717, 1.165) is 0 Å². The van der Waals surface area contributed by atoms with Crippen molar-refractivity contribution in [3.63, 3.8) is 0 Å². The number of rotatable bonds is 2. The number of aromatic nitrogens is 2. The molecule has 0 saturated carbocycles. The molecule has 98 valence electrons. The molecule has 0 N–H and O–H groups in total. The number of hydrogen-bond donors (Lipinski definition) is 0. The van der Waals surface area contributed by atoms with Gasteiger partial charge < -0.3 is 4.84 Å². The summed E-state index contributed by atoms with van der Waals surface area (Å²) in [5, 5.41) is 0.420. The zero-order chi connectivity index (χ0) is 14.1. The largest absolute Gasteiger partial charge is 0.401 e. The first-order chi connectivity index (χ1) is 9.68. The van der Waals surface area contributed by atoms with E-state index in [-0.39, 0.29) is 17.0 Å². The molecule has 0 atom stereocenters. The highest BCUT2D eigenvalue weighted by Crippen LogP contribution is 2.22. The van der Waals surface area contributed by atoms with Crippen molar-refractivity contribution in [2.45, 2.75) is 0 Å². The molecule has 0 fully saturated rings. The molecule has 1 aliphatic rings. The number of hydroxylamine groups is 2. The third-order valence-corrected chi connectivity index (χ3v) is 2.68. The van der Waals surface area contributed by atoms with Gasteiger partial charge in [0.25, 0.3) is 11.8 Å². The lowest BCUT2D eigenvalue weighted by Crippen LogP contribution is -2.33. The van der Waals surface area contributed by atoms with E-state index in [1.54, 1.807) is 12.1 Å². The minimum absolute atomic E-state index is 0.194. The smallest absolute Gasteiger partial charge is 0.321 e. The molecule has 0 aliphatic carbocycles. The molecule has 20 heavy (non-hydrogen) atoms. The summed E-state index contributed by atoms with van der Waals surface area (Å²) in [7, 11) is 0. The fraction of sp³-hybridized carbons (Fsp3) is 0. The Balaban J connectivity index is 1.86. The molecule has 3 rings (SSSR count). The average Bonchev–Trinajstić information content (AvgIpc) is 2.74. The first kappa shape index (κ1) is 12.0. The predicted molar refractivity (Wildman–Crippen MR) is 64.4 cm³/mol. The van der Waals surface area contributed by atoms with E-state index >= 15 is 0 Å². The fourth-order valence-corrected chi connectivity index (χ4v) is 1.78. The van der Waals surface area contributed by atoms with Crippen LogP contribution in [0.4, 0.5) is 0 Å². The highest BCUT2D eigenvalue weighted by Gasteiger charge is 2.39. The van der Waals surface area contributed by atoms with E-state index in [2.05, 4.69) is 9.97 Å². The summed E-state index contributed by atoms with van der Waals surface area (Å²) < 4.78 is 0. The van der Waals surface area contributed by atoms with Crippen LogP contribution in [0.3, 0.4) is 0 Å². The summed E-state index contributed by atoms with van der Waals surface area (Å²) in [6.45, 7) is 0. The molecule has 1 aliphatic heterocycles. The number of fused-ring (bicyclic) bond motifs is 1. The van der Waals surface area contributed by atoms with Gasteiger partial charge in [-0.2, -0.15) is 0 Å². The van der Waals surface area contributed by atoms with Crippen molar-refractivity contribution in [2.75, 3.05) is 0 Å². The Morgan fingerprint density at radius 1 is 0.950 bits per heavy atom. The van der Waals surface area contributed by atoms with Crippen LogP contribution in [0.2, 0.25) is 0 Å². The minimum Gasteiger partial charge on any atom is -0.321 e. The summed E-state index contributed by atoms with van der Waals surface area (Å²) in [5.41, 5.74) is 0.388. The van der Waals surface area contributed by atoms with Crippen LogP contribution in [-0.2, 0) is 4.84 Å². The number of carbonyl (C=O) groups is 3. The van der Waals surface area contributed by atoms with E-state index < -0.39 is 17.8 Å². The van der Waals surface area contributed by atoms with Gasteiger partial charge in [0, 0.05) is 12.4 Å². The molecule has 0 radical (unpaired) electrons. The van der Waals surface area contributed by atoms with Gasteiger partial charge >= 0.3 is 5.97 Å². The molecule has 7 nitrogen and oxygen atoms in total. The molecule has 2 heterocycles. The number of benzene rings is 1. The van der Waals surface area contributed by atoms with Crippen LogP contribution in [0.25, 0.3) is 0 Å². The molecule has 1 aromatic heterocycles. The molecule has 7 heteroatoms. The van der Waals surface area contributed by atoms with Gasteiger partial charge in [-0.25, -0.2) is 14.8 Å². The maximum Gasteiger partial charge on any atom is 0.401 e. The van der Waals surface area contributed by atoms with Crippen molar-refractivity contribution in [3.8, 4) is 0 Å². The van der Waals surface area contributed by atoms with E-state index in [1.807, 2.05) is 0 Å². The number of nitrogens with zero attached hydrogens (tertiary/aromatic N) is 3. The van der Waals surface area contributed by atoms with Crippen LogP contribution in [0.5, 0.6) is 0 Å². The maximum atomic E-state index is 12.0. The van der Waals surface area contributed by atoms with Crippen molar-refractivity contribution >= 4 is 17.8 Å². The molecule has 0 unspecified atom stereocenters. The van der Waals surface area contributed by atoms with Gasteiger partial charge in [-0.15, -0.1) is 0 Å². The second kappa shape index (κ2) is 4.54. The summed E-state index contributed by atoms with van der Waals surface area (Å²) in [6, 6.07) is 7.74. The predicted octanol–water partition coefficient (Wildman–Crippen LogP) is 0.845. The van der Waals surface area contributed by atoms with Crippen molar-refractivity contribution in [1.82, 2.24) is 15.0 Å². The van der Waals surface area contributed by atoms with E-state index in [9.17, 15) is 14.4 Å². The Hall–Kier alpha value is -3.09. The summed E-state index contributed by atoms with van der Waals surface area (Å²) >= 11 is 0. The second-order valence-corrected chi connectivity index (χ2v) is 3.90. The maximum absolute atomic E-state index is 12.0. The number of imide groups is 1. The van der Waals surface area contributed by atoms with Gasteiger partial charge in [0.05, 0.1) is 11.1 Å². The second-order valence-electron chi connectivity index (χ2n) is 3.90. The van der Waals surface area contributed by atoms with Gasteiger partial charge in [0.15, 0.2) is 0 Å². The van der Waals surface area contributed by atoms with Crippen LogP contribution < -0.4 is 0 Å². The molecule has 0 spiro atoms. The molecular weight excluding hydrogens is 262 g/mol. The van der Waals surface area contributed by atoms with E-state index in [4.69, 9.17) is 4.84 Å². The monoisotopic (exact) mass is 269 g/mol. The normalized spacial score (nSPS) is 13.3. The minimum atomic E-state index is -0.972. The van der Waals surface area contributed by atoms with Crippen LogP contribution in [-0.4, -0.2) is 32.8 Å². The fourth-order valence-electron chi connectivity index (χ4n) is 1.78. The Labute approximate surface area is 112 Å². The Bertz CT molecular complexity index is 680. The zero-order valence-electron chi connectivity index (χ0n) is 10.0. The third-order valence-electron chi connectivity index (χ3n) is 2.68. The van der Waals surface area contributed by atoms with Crippen LogP contribution in [0.15, 0.2) is 42.7 Å². The summed E-state index contributed by atoms with van der Waals surface area (Å²) in [4.78, 5) is 47.8. The summed E-state index contributed by atoms with van der Waals surface area (Å²) in [6.07, 6.45) is 2.71. The Morgan fingerprint density at radius 2 is 1.50 bits per heavy atom. The van der Waals surface area contributed by atoms with Gasteiger partial charge in [-0.1, -0.05) is 17.2 Å². The third kappa shape index (κ3) is 1.81. The topological polar surface area (TPSA) is 89.5 Å². The zero-order valence-corrected chi connectivity index (χ0v) is 10.0. The first-order valence-corrected chi connectivity index (χ1v) is 5.65. The van der Waals surface area contributed by atoms with Gasteiger partial charge in [-0.05, 0) is 18.2 Å². The first-order valence-electron chi connectivity index (χ1n) is 5.65. The van der Waals surface area contributed by atoms with Gasteiger partial charge in [0.2, 0.25) is 5.82 Å². The molecule has 0 bridgehead atoms. The lowest BCUT2D eigenvalue weighted by Gasteiger charge is -2.11. The molecule has 0 saturated heterocycles. The Morgan fingerprint density at radius 3 is 2.05 bits per heavy atom. The number of amides is 2. The lowest BCUT2D eigenvalue weighted by atomic mass is 10.1. The lowest BCUT2D eigenvalue weighted by molar-refractivity contribution is -0.0592. The van der Waals surface area contributed by atoms with E-state index in [0.29, 0.717) is 5.06 Å². The van der Waals surface area contributed by atoms with Gasteiger partial charge in [-0.3, -0.25) is 9.59 Å². The van der Waals surface area contributed by atoms with Crippen LogP contribution >= 0.6 is 0 Å². The van der Waals surface area contributed by atoms with Crippen LogP contribution in [0, 0.1) is 0 Å². The highest BCUT2D eigenvalue weighted by molar-refractivity contribution is 6.21. The molecule has 1 aromatic carbocycles.